The molecule has 0 radical (unpaired) electrons. The van der Waals surface area contributed by atoms with Gasteiger partial charge in [-0.2, -0.15) is 41.6 Å². The van der Waals surface area contributed by atoms with Gasteiger partial charge in [-0.1, -0.05) is 6.07 Å². The number of hydrogen-bond acceptors (Lipinski definition) is 11. The zero-order chi connectivity index (χ0) is 41.3. The Morgan fingerprint density at radius 2 is 1.88 bits per heavy atom. The van der Waals surface area contributed by atoms with E-state index in [-0.39, 0.29) is 62.3 Å². The fourth-order valence-corrected chi connectivity index (χ4v) is 9.71. The summed E-state index contributed by atoms with van der Waals surface area (Å²) in [6.45, 7) is 2.34. The summed E-state index contributed by atoms with van der Waals surface area (Å²) in [5.74, 6) is -1.92. The molecule has 5 aromatic rings. The summed E-state index contributed by atoms with van der Waals surface area (Å²) in [5.41, 5.74) is -1.97. The maximum atomic E-state index is 15.7. The van der Waals surface area contributed by atoms with Gasteiger partial charge in [0.15, 0.2) is 0 Å². The lowest BCUT2D eigenvalue weighted by molar-refractivity contribution is -0.141. The van der Waals surface area contributed by atoms with E-state index in [4.69, 9.17) is 10.5 Å². The van der Waals surface area contributed by atoms with Crippen LogP contribution < -0.4 is 15.4 Å². The van der Waals surface area contributed by atoms with Crippen LogP contribution >= 0.6 is 11.3 Å². The summed E-state index contributed by atoms with van der Waals surface area (Å²) in [6.07, 6.45) is -7.76. The molecule has 3 aliphatic rings. The molecule has 0 saturated carbocycles. The van der Waals surface area contributed by atoms with Gasteiger partial charge in [-0.25, -0.2) is 18.7 Å². The Balaban J connectivity index is 1.36. The second-order valence-corrected chi connectivity index (χ2v) is 15.6. The van der Waals surface area contributed by atoms with Gasteiger partial charge in [-0.05, 0) is 56.5 Å². The number of rotatable bonds is 8. The van der Waals surface area contributed by atoms with Crippen LogP contribution in [0.4, 0.5) is 45.9 Å². The molecule has 0 spiro atoms. The van der Waals surface area contributed by atoms with Gasteiger partial charge in [0.05, 0.1) is 32.4 Å². The summed E-state index contributed by atoms with van der Waals surface area (Å²) in [4.78, 5) is 34.8. The van der Waals surface area contributed by atoms with Gasteiger partial charge in [0.2, 0.25) is 5.82 Å². The first-order valence-corrected chi connectivity index (χ1v) is 19.1. The molecule has 8 rings (SSSR count). The van der Waals surface area contributed by atoms with Gasteiger partial charge in [0, 0.05) is 67.4 Å². The third kappa shape index (κ3) is 6.67. The number of alkyl halides is 7. The number of thiophene rings is 1. The van der Waals surface area contributed by atoms with Crippen molar-refractivity contribution in [1.29, 1.82) is 5.26 Å². The number of nitriles is 1. The van der Waals surface area contributed by atoms with Crippen molar-refractivity contribution in [2.24, 2.45) is 0 Å². The first-order valence-electron chi connectivity index (χ1n) is 18.3. The Morgan fingerprint density at radius 1 is 1.12 bits per heavy atom. The second kappa shape index (κ2) is 14.4. The van der Waals surface area contributed by atoms with Crippen molar-refractivity contribution in [3.05, 3.63) is 65.0 Å². The zero-order valence-electron chi connectivity index (χ0n) is 30.6. The van der Waals surface area contributed by atoms with Crippen LogP contribution in [0.5, 0.6) is 6.01 Å². The van der Waals surface area contributed by atoms with Crippen LogP contribution in [0.2, 0.25) is 0 Å². The van der Waals surface area contributed by atoms with E-state index in [0.717, 1.165) is 18.6 Å². The number of likely N-dealkylation sites (tertiary alicyclic amines) is 1. The number of nitrogens with zero attached hydrogens (tertiary/aromatic N) is 8. The van der Waals surface area contributed by atoms with E-state index >= 15 is 30.7 Å². The van der Waals surface area contributed by atoms with Crippen LogP contribution in [-0.2, 0) is 12.4 Å². The van der Waals surface area contributed by atoms with Crippen LogP contribution in [0.15, 0.2) is 36.7 Å². The van der Waals surface area contributed by atoms with Gasteiger partial charge < -0.3 is 20.3 Å². The lowest BCUT2D eigenvalue weighted by atomic mass is 9.88. The van der Waals surface area contributed by atoms with E-state index in [0.29, 0.717) is 30.4 Å². The molecule has 3 saturated heterocycles. The van der Waals surface area contributed by atoms with Crippen LogP contribution in [0.1, 0.15) is 59.9 Å². The molecule has 2 N–H and O–H groups in total. The van der Waals surface area contributed by atoms with Crippen molar-refractivity contribution in [2.45, 2.75) is 62.7 Å². The minimum absolute atomic E-state index is 0.00297. The Kier molecular flexibility index (Phi) is 9.81. The van der Waals surface area contributed by atoms with Gasteiger partial charge in [-0.3, -0.25) is 9.69 Å². The van der Waals surface area contributed by atoms with Crippen LogP contribution in [0, 0.1) is 17.1 Å². The number of hydrogen-bond donors (Lipinski definition) is 1. The SMILES string of the molecule is CCN(c1nc(OC[C@@]23CCCN2C[C@H](F)C3)nc2c(C(F)(F)F)c(-c3ccc(F)c4sc(N)c(C#N)c34)c(C(F)(F)F)cc12)[C@H]1CCN(C(=O)c2ncccn2)C1. The number of likely N-dealkylation sites (N-methyl/N-ethyl adjacent to an activating group) is 1. The van der Waals surface area contributed by atoms with Gasteiger partial charge in [0.1, 0.15) is 35.5 Å². The number of ether oxygens (including phenoxy) is 1. The highest BCUT2D eigenvalue weighted by Gasteiger charge is 2.50. The highest BCUT2D eigenvalue weighted by Crippen LogP contribution is 2.52. The summed E-state index contributed by atoms with van der Waals surface area (Å²) in [6, 6.07) is 4.00. The van der Waals surface area contributed by atoms with Crippen LogP contribution in [0.3, 0.4) is 0 Å². The maximum absolute atomic E-state index is 15.7. The maximum Gasteiger partial charge on any atom is 0.419 e. The Labute approximate surface area is 329 Å². The number of anilines is 2. The Morgan fingerprint density at radius 3 is 2.57 bits per heavy atom. The molecule has 11 nitrogen and oxygen atoms in total. The molecule has 0 unspecified atom stereocenters. The second-order valence-electron chi connectivity index (χ2n) is 14.6. The quantitative estimate of drug-likeness (QED) is 0.156. The van der Waals surface area contributed by atoms with Crippen molar-refractivity contribution in [3.8, 4) is 23.2 Å². The predicted molar refractivity (Wildman–Crippen MR) is 197 cm³/mol. The highest BCUT2D eigenvalue weighted by atomic mass is 32.1. The molecule has 20 heteroatoms. The zero-order valence-corrected chi connectivity index (χ0v) is 31.4. The minimum atomic E-state index is -5.54. The number of carbonyl (C=O) groups is 1. The third-order valence-corrected chi connectivity index (χ3v) is 12.3. The van der Waals surface area contributed by atoms with Crippen LogP contribution in [0.25, 0.3) is 32.1 Å². The number of nitrogens with two attached hydrogens (primary N) is 1. The molecule has 3 aliphatic heterocycles. The Bertz CT molecular complexity index is 2470. The van der Waals surface area contributed by atoms with E-state index in [1.165, 1.54) is 28.3 Å². The van der Waals surface area contributed by atoms with Crippen LogP contribution in [-0.4, -0.2) is 92.7 Å². The summed E-state index contributed by atoms with van der Waals surface area (Å²) >= 11 is 0.520. The standard InChI is InChI=1S/C38H33F8N9O2S/c1-2-55(20-7-12-53(17-20)34(56)32-49-9-4-10-50-32)33-22-13-24(37(41,42)43)27(21-5-6-25(40)30-26(21)23(15-47)31(48)58-30)28(38(44,45)46)29(22)51-35(52-33)57-18-36-8-3-11-54(36)16-19(39)14-36/h4-6,9-10,13,19-20H,2-3,7-8,11-12,14,16-18,48H2,1H3/t19-,20+,36+/m1/s1. The first-order chi connectivity index (χ1) is 27.5. The number of carbonyl (C=O) groups excluding carboxylic acids is 1. The third-order valence-electron chi connectivity index (χ3n) is 11.2. The average molecular weight is 832 g/mol. The minimum Gasteiger partial charge on any atom is -0.461 e. The lowest BCUT2D eigenvalue weighted by Crippen LogP contribution is -2.43. The topological polar surface area (TPSA) is 137 Å². The normalized spacial score (nSPS) is 21.2. The number of amides is 1. The van der Waals surface area contributed by atoms with Gasteiger partial charge >= 0.3 is 18.4 Å². The molecule has 0 aliphatic carbocycles. The molecule has 58 heavy (non-hydrogen) atoms. The summed E-state index contributed by atoms with van der Waals surface area (Å²) in [5, 5.41) is 8.49. The number of nitrogen functional groups attached to an aromatic ring is 1. The van der Waals surface area contributed by atoms with E-state index < -0.39 is 96.6 Å². The number of halogens is 8. The molecule has 3 aromatic heterocycles. The smallest absolute Gasteiger partial charge is 0.419 e. The van der Waals surface area contributed by atoms with E-state index in [2.05, 4.69) is 19.9 Å². The lowest BCUT2D eigenvalue weighted by Gasteiger charge is -2.32. The average Bonchev–Trinajstić information content (AvgIpc) is 3.96. The number of aromatic nitrogens is 4. The van der Waals surface area contributed by atoms with Crippen molar-refractivity contribution < 1.29 is 44.7 Å². The fourth-order valence-electron chi connectivity index (χ4n) is 8.76. The molecule has 2 aromatic carbocycles. The van der Waals surface area contributed by atoms with Crippen molar-refractivity contribution in [1.82, 2.24) is 29.7 Å². The molecule has 3 fully saturated rings. The Hall–Kier alpha value is -5.42. The monoisotopic (exact) mass is 831 g/mol. The van der Waals surface area contributed by atoms with Gasteiger partial charge in [-0.15, -0.1) is 11.3 Å². The molecule has 3 atom stereocenters. The molecule has 304 valence electrons. The van der Waals surface area contributed by atoms with E-state index in [1.807, 2.05) is 4.90 Å². The molecule has 6 heterocycles. The van der Waals surface area contributed by atoms with Crippen molar-refractivity contribution >= 4 is 49.1 Å². The first kappa shape index (κ1) is 39.4. The molecular formula is C38H33F8N9O2S. The predicted octanol–water partition coefficient (Wildman–Crippen LogP) is 7.63. The summed E-state index contributed by atoms with van der Waals surface area (Å²) < 4.78 is 129. The van der Waals surface area contributed by atoms with E-state index in [1.54, 1.807) is 13.0 Å². The number of benzene rings is 2. The van der Waals surface area contributed by atoms with Gasteiger partial charge in [0.25, 0.3) is 5.91 Å². The van der Waals surface area contributed by atoms with Crippen molar-refractivity contribution in [3.63, 3.8) is 0 Å². The molecule has 0 bridgehead atoms. The van der Waals surface area contributed by atoms with Crippen molar-refractivity contribution in [2.75, 3.05) is 50.0 Å². The summed E-state index contributed by atoms with van der Waals surface area (Å²) in [7, 11) is 0. The molecule has 1 amide bonds. The largest absolute Gasteiger partial charge is 0.461 e. The van der Waals surface area contributed by atoms with E-state index in [9.17, 15) is 14.4 Å². The fraction of sp³-hybridized carbons (Fsp3) is 0.421. The highest BCUT2D eigenvalue weighted by molar-refractivity contribution is 7.23. The molecular weight excluding hydrogens is 799 g/mol. The number of fused-ring (bicyclic) bond motifs is 3.